The molecule has 1 atom stereocenters. The van der Waals surface area contributed by atoms with E-state index in [1.54, 1.807) is 0 Å². The topological polar surface area (TPSA) is 39.1 Å². The molecule has 1 saturated heterocycles. The first-order chi connectivity index (χ1) is 6.38. The Morgan fingerprint density at radius 2 is 2.46 bits per heavy atom. The molecule has 1 aliphatic heterocycles. The van der Waals surface area contributed by atoms with Gasteiger partial charge in [-0.3, -0.25) is 4.90 Å². The standard InChI is InChI=1S/C10H19N3/c1-12-9-10-5-4-8-13(10)7-3-2-6-11/h10,12H,2-5,7-9H2,1H3. The van der Waals surface area contributed by atoms with E-state index < -0.39 is 0 Å². The molecule has 0 bridgehead atoms. The van der Waals surface area contributed by atoms with Crippen LogP contribution >= 0.6 is 0 Å². The lowest BCUT2D eigenvalue weighted by Crippen LogP contribution is -2.37. The SMILES string of the molecule is CNCC1CCCN1CCCC#N. The van der Waals surface area contributed by atoms with E-state index in [0.29, 0.717) is 12.5 Å². The van der Waals surface area contributed by atoms with Crippen LogP contribution in [0.4, 0.5) is 0 Å². The average Bonchev–Trinajstić information content (AvgIpc) is 2.54. The first kappa shape index (κ1) is 10.5. The number of likely N-dealkylation sites (tertiary alicyclic amines) is 1. The van der Waals surface area contributed by atoms with Gasteiger partial charge < -0.3 is 5.32 Å². The number of nitrogens with one attached hydrogen (secondary N) is 1. The average molecular weight is 181 g/mol. The molecule has 1 heterocycles. The van der Waals surface area contributed by atoms with Crippen molar-refractivity contribution in [2.75, 3.05) is 26.7 Å². The van der Waals surface area contributed by atoms with Crippen LogP contribution in [-0.4, -0.2) is 37.6 Å². The number of nitriles is 1. The van der Waals surface area contributed by atoms with Gasteiger partial charge in [-0.1, -0.05) is 0 Å². The van der Waals surface area contributed by atoms with E-state index in [-0.39, 0.29) is 0 Å². The summed E-state index contributed by atoms with van der Waals surface area (Å²) in [6.07, 6.45) is 4.35. The van der Waals surface area contributed by atoms with E-state index >= 15 is 0 Å². The lowest BCUT2D eigenvalue weighted by atomic mass is 10.2. The van der Waals surface area contributed by atoms with Crippen LogP contribution in [0.1, 0.15) is 25.7 Å². The summed E-state index contributed by atoms with van der Waals surface area (Å²) in [5.41, 5.74) is 0. The van der Waals surface area contributed by atoms with Crippen molar-refractivity contribution in [3.05, 3.63) is 0 Å². The van der Waals surface area contributed by atoms with Crippen molar-refractivity contribution >= 4 is 0 Å². The number of likely N-dealkylation sites (N-methyl/N-ethyl adjacent to an activating group) is 1. The molecule has 3 nitrogen and oxygen atoms in total. The van der Waals surface area contributed by atoms with Crippen molar-refractivity contribution in [2.24, 2.45) is 0 Å². The molecule has 1 rings (SSSR count). The van der Waals surface area contributed by atoms with E-state index in [1.807, 2.05) is 7.05 Å². The summed E-state index contributed by atoms with van der Waals surface area (Å²) in [4.78, 5) is 2.51. The highest BCUT2D eigenvalue weighted by molar-refractivity contribution is 4.81. The Kier molecular flexibility index (Phi) is 4.81. The van der Waals surface area contributed by atoms with Crippen LogP contribution in [-0.2, 0) is 0 Å². The van der Waals surface area contributed by atoms with Gasteiger partial charge in [-0.05, 0) is 39.4 Å². The number of nitrogens with zero attached hydrogens (tertiary/aromatic N) is 2. The summed E-state index contributed by atoms with van der Waals surface area (Å²) in [5, 5.41) is 11.7. The van der Waals surface area contributed by atoms with Crippen LogP contribution < -0.4 is 5.32 Å². The summed E-state index contributed by atoms with van der Waals surface area (Å²) in [7, 11) is 2.01. The number of hydrogen-bond donors (Lipinski definition) is 1. The molecule has 3 heteroatoms. The summed E-state index contributed by atoms with van der Waals surface area (Å²) >= 11 is 0. The number of rotatable bonds is 5. The zero-order chi connectivity index (χ0) is 9.52. The van der Waals surface area contributed by atoms with Gasteiger partial charge in [-0.25, -0.2) is 0 Å². The molecule has 1 aliphatic rings. The fraction of sp³-hybridized carbons (Fsp3) is 0.900. The largest absolute Gasteiger partial charge is 0.318 e. The summed E-state index contributed by atoms with van der Waals surface area (Å²) in [5.74, 6) is 0. The summed E-state index contributed by atoms with van der Waals surface area (Å²) in [6, 6.07) is 2.91. The van der Waals surface area contributed by atoms with Crippen molar-refractivity contribution in [2.45, 2.75) is 31.7 Å². The first-order valence-electron chi connectivity index (χ1n) is 5.14. The zero-order valence-corrected chi connectivity index (χ0v) is 8.42. The lowest BCUT2D eigenvalue weighted by molar-refractivity contribution is 0.248. The van der Waals surface area contributed by atoms with Crippen molar-refractivity contribution < 1.29 is 0 Å². The van der Waals surface area contributed by atoms with E-state index in [0.717, 1.165) is 19.5 Å². The van der Waals surface area contributed by atoms with Crippen LogP contribution in [0.25, 0.3) is 0 Å². The monoisotopic (exact) mass is 181 g/mol. The smallest absolute Gasteiger partial charge is 0.0622 e. The minimum Gasteiger partial charge on any atom is -0.318 e. The van der Waals surface area contributed by atoms with E-state index in [9.17, 15) is 0 Å². The third kappa shape index (κ3) is 3.33. The second-order valence-corrected chi connectivity index (χ2v) is 3.65. The van der Waals surface area contributed by atoms with Gasteiger partial charge in [0, 0.05) is 19.0 Å². The van der Waals surface area contributed by atoms with Crippen LogP contribution in [0, 0.1) is 11.3 Å². The third-order valence-corrected chi connectivity index (χ3v) is 2.67. The van der Waals surface area contributed by atoms with Crippen LogP contribution in [0.3, 0.4) is 0 Å². The predicted molar refractivity (Wildman–Crippen MR) is 53.4 cm³/mol. The molecule has 1 unspecified atom stereocenters. The lowest BCUT2D eigenvalue weighted by Gasteiger charge is -2.23. The molecule has 1 N–H and O–H groups in total. The van der Waals surface area contributed by atoms with Gasteiger partial charge in [0.15, 0.2) is 0 Å². The number of hydrogen-bond acceptors (Lipinski definition) is 3. The fourth-order valence-electron chi connectivity index (χ4n) is 2.02. The van der Waals surface area contributed by atoms with Gasteiger partial charge in [0.05, 0.1) is 6.07 Å². The Bertz CT molecular complexity index is 173. The van der Waals surface area contributed by atoms with Crippen molar-refractivity contribution in [3.63, 3.8) is 0 Å². The maximum atomic E-state index is 8.43. The quantitative estimate of drug-likeness (QED) is 0.642. The Labute approximate surface area is 80.7 Å². The highest BCUT2D eigenvalue weighted by Crippen LogP contribution is 2.16. The summed E-state index contributed by atoms with van der Waals surface area (Å²) in [6.45, 7) is 3.41. The molecule has 0 saturated carbocycles. The molecule has 0 aromatic rings. The molecule has 0 amide bonds. The molecule has 0 aliphatic carbocycles. The maximum Gasteiger partial charge on any atom is 0.0622 e. The Balaban J connectivity index is 2.19. The Morgan fingerprint density at radius 3 is 3.15 bits per heavy atom. The summed E-state index contributed by atoms with van der Waals surface area (Å²) < 4.78 is 0. The van der Waals surface area contributed by atoms with E-state index in [1.165, 1.54) is 19.4 Å². The molecule has 1 fully saturated rings. The van der Waals surface area contributed by atoms with Gasteiger partial charge >= 0.3 is 0 Å². The molecule has 0 aromatic heterocycles. The van der Waals surface area contributed by atoms with Crippen LogP contribution in [0.2, 0.25) is 0 Å². The van der Waals surface area contributed by atoms with E-state index in [4.69, 9.17) is 5.26 Å². The van der Waals surface area contributed by atoms with Crippen molar-refractivity contribution in [1.82, 2.24) is 10.2 Å². The van der Waals surface area contributed by atoms with Crippen LogP contribution in [0.15, 0.2) is 0 Å². The highest BCUT2D eigenvalue weighted by atomic mass is 15.2. The van der Waals surface area contributed by atoms with E-state index in [2.05, 4.69) is 16.3 Å². The molecule has 0 aromatic carbocycles. The Morgan fingerprint density at radius 1 is 1.62 bits per heavy atom. The van der Waals surface area contributed by atoms with Crippen LogP contribution in [0.5, 0.6) is 0 Å². The second kappa shape index (κ2) is 5.95. The predicted octanol–water partition coefficient (Wildman–Crippen LogP) is 0.974. The molecule has 0 radical (unpaired) electrons. The van der Waals surface area contributed by atoms with Crippen molar-refractivity contribution in [3.8, 4) is 6.07 Å². The highest BCUT2D eigenvalue weighted by Gasteiger charge is 2.22. The van der Waals surface area contributed by atoms with Crippen molar-refractivity contribution in [1.29, 1.82) is 5.26 Å². The molecule has 0 spiro atoms. The molecule has 74 valence electrons. The van der Waals surface area contributed by atoms with Gasteiger partial charge in [-0.2, -0.15) is 5.26 Å². The molecular formula is C10H19N3. The Hall–Kier alpha value is -0.590. The maximum absolute atomic E-state index is 8.43. The normalized spacial score (nSPS) is 23.2. The van der Waals surface area contributed by atoms with Gasteiger partial charge in [-0.15, -0.1) is 0 Å². The number of unbranched alkanes of at least 4 members (excludes halogenated alkanes) is 1. The molecule has 13 heavy (non-hydrogen) atoms. The van der Waals surface area contributed by atoms with Gasteiger partial charge in [0.1, 0.15) is 0 Å². The van der Waals surface area contributed by atoms with Gasteiger partial charge in [0.25, 0.3) is 0 Å². The van der Waals surface area contributed by atoms with Gasteiger partial charge in [0.2, 0.25) is 0 Å². The minimum atomic E-state index is 0.697. The third-order valence-electron chi connectivity index (χ3n) is 2.67. The molecular weight excluding hydrogens is 162 g/mol. The second-order valence-electron chi connectivity index (χ2n) is 3.65. The zero-order valence-electron chi connectivity index (χ0n) is 8.42. The first-order valence-corrected chi connectivity index (χ1v) is 5.14. The minimum absolute atomic E-state index is 0.697. The fourth-order valence-corrected chi connectivity index (χ4v) is 2.02.